The fourth-order valence-corrected chi connectivity index (χ4v) is 0.858. The Morgan fingerprint density at radius 2 is 2.25 bits per heavy atom. The van der Waals surface area contributed by atoms with Gasteiger partial charge in [-0.15, -0.1) is 0 Å². The van der Waals surface area contributed by atoms with Crippen LogP contribution in [0.25, 0.3) is 0 Å². The van der Waals surface area contributed by atoms with Crippen molar-refractivity contribution in [1.82, 2.24) is 0 Å². The van der Waals surface area contributed by atoms with E-state index in [-0.39, 0.29) is 18.5 Å². The molecule has 0 aliphatic carbocycles. The second-order valence-corrected chi connectivity index (χ2v) is 2.66. The number of rotatable bonds is 5. The number of ether oxygens (including phenoxy) is 1. The molecule has 0 saturated carbocycles. The number of allylic oxidation sites excluding steroid dienone is 1. The van der Waals surface area contributed by atoms with Gasteiger partial charge in [-0.05, 0) is 12.8 Å². The van der Waals surface area contributed by atoms with Gasteiger partial charge in [-0.3, -0.25) is 4.79 Å². The predicted molar refractivity (Wildman–Crippen MR) is 46.6 cm³/mol. The Balaban J connectivity index is 3.50. The number of esters is 1. The maximum Gasteiger partial charge on any atom is 0.308 e. The summed E-state index contributed by atoms with van der Waals surface area (Å²) in [6.07, 6.45) is 5.10. The van der Waals surface area contributed by atoms with Crippen LogP contribution in [-0.2, 0) is 9.53 Å². The summed E-state index contributed by atoms with van der Waals surface area (Å²) in [5.74, 6) is -0.231. The molecule has 1 N–H and O–H groups in total. The molecule has 0 unspecified atom stereocenters. The Kier molecular flexibility index (Phi) is 6.38. The third-order valence-corrected chi connectivity index (χ3v) is 1.64. The second kappa shape index (κ2) is 6.85. The summed E-state index contributed by atoms with van der Waals surface area (Å²) in [7, 11) is 1.39. The first-order chi connectivity index (χ1) is 5.72. The van der Waals surface area contributed by atoms with E-state index in [9.17, 15) is 4.79 Å². The van der Waals surface area contributed by atoms with E-state index in [2.05, 4.69) is 4.74 Å². The number of hydrogen-bond acceptors (Lipinski definition) is 3. The summed E-state index contributed by atoms with van der Waals surface area (Å²) in [5, 5.41) is 8.41. The Bertz CT molecular complexity index is 152. The van der Waals surface area contributed by atoms with E-state index in [1.807, 2.05) is 13.0 Å². The third kappa shape index (κ3) is 4.91. The van der Waals surface area contributed by atoms with Crippen LogP contribution in [-0.4, -0.2) is 24.8 Å². The molecule has 0 fully saturated rings. The number of methoxy groups -OCH3 is 1. The highest BCUT2D eigenvalue weighted by molar-refractivity contribution is 5.71. The molecule has 0 amide bonds. The summed E-state index contributed by atoms with van der Waals surface area (Å²) in [5.41, 5.74) is 0. The molecule has 0 aliphatic rings. The SMILES string of the molecule is COC(=O)[C@@H](C)CC/C=C\CO. The van der Waals surface area contributed by atoms with Gasteiger partial charge >= 0.3 is 5.97 Å². The van der Waals surface area contributed by atoms with Gasteiger partial charge in [-0.2, -0.15) is 0 Å². The topological polar surface area (TPSA) is 46.5 Å². The van der Waals surface area contributed by atoms with Crippen LogP contribution in [0.3, 0.4) is 0 Å². The van der Waals surface area contributed by atoms with Crippen molar-refractivity contribution in [3.63, 3.8) is 0 Å². The van der Waals surface area contributed by atoms with Gasteiger partial charge in [0, 0.05) is 0 Å². The van der Waals surface area contributed by atoms with E-state index in [0.29, 0.717) is 0 Å². The van der Waals surface area contributed by atoms with Gasteiger partial charge in [0.1, 0.15) is 0 Å². The lowest BCUT2D eigenvalue weighted by Crippen LogP contribution is -2.11. The van der Waals surface area contributed by atoms with Gasteiger partial charge in [0.05, 0.1) is 19.6 Å². The highest BCUT2D eigenvalue weighted by Crippen LogP contribution is 2.07. The smallest absolute Gasteiger partial charge is 0.308 e. The van der Waals surface area contributed by atoms with Crippen molar-refractivity contribution in [2.24, 2.45) is 5.92 Å². The molecule has 0 bridgehead atoms. The minimum Gasteiger partial charge on any atom is -0.469 e. The quantitative estimate of drug-likeness (QED) is 0.499. The number of aliphatic hydroxyl groups is 1. The fourth-order valence-electron chi connectivity index (χ4n) is 0.858. The van der Waals surface area contributed by atoms with Crippen LogP contribution in [0.5, 0.6) is 0 Å². The highest BCUT2D eigenvalue weighted by atomic mass is 16.5. The zero-order chi connectivity index (χ0) is 9.40. The second-order valence-electron chi connectivity index (χ2n) is 2.66. The summed E-state index contributed by atoms with van der Waals surface area (Å²) < 4.78 is 4.56. The van der Waals surface area contributed by atoms with Crippen molar-refractivity contribution in [2.75, 3.05) is 13.7 Å². The first-order valence-electron chi connectivity index (χ1n) is 4.06. The van der Waals surface area contributed by atoms with Crippen LogP contribution in [0.1, 0.15) is 19.8 Å². The van der Waals surface area contributed by atoms with Gasteiger partial charge < -0.3 is 9.84 Å². The van der Waals surface area contributed by atoms with Crippen molar-refractivity contribution in [1.29, 1.82) is 0 Å². The average Bonchev–Trinajstić information content (AvgIpc) is 2.10. The molecule has 0 heterocycles. The maximum atomic E-state index is 10.9. The number of aliphatic hydroxyl groups excluding tert-OH is 1. The summed E-state index contributed by atoms with van der Waals surface area (Å²) in [4.78, 5) is 10.9. The van der Waals surface area contributed by atoms with Crippen LogP contribution in [0.4, 0.5) is 0 Å². The molecule has 0 aliphatic heterocycles. The summed E-state index contributed by atoms with van der Waals surface area (Å²) >= 11 is 0. The minimum atomic E-state index is -0.174. The molecule has 1 atom stereocenters. The monoisotopic (exact) mass is 172 g/mol. The first kappa shape index (κ1) is 11.2. The molecular weight excluding hydrogens is 156 g/mol. The Labute approximate surface area is 73.0 Å². The lowest BCUT2D eigenvalue weighted by Gasteiger charge is -2.05. The number of carbonyl (C=O) groups is 1. The first-order valence-corrected chi connectivity index (χ1v) is 4.06. The molecule has 12 heavy (non-hydrogen) atoms. The zero-order valence-corrected chi connectivity index (χ0v) is 7.62. The minimum absolute atomic E-state index is 0.0571. The van der Waals surface area contributed by atoms with Crippen LogP contribution < -0.4 is 0 Å². The molecule has 0 radical (unpaired) electrons. The van der Waals surface area contributed by atoms with Gasteiger partial charge in [-0.1, -0.05) is 19.1 Å². The van der Waals surface area contributed by atoms with E-state index >= 15 is 0 Å². The third-order valence-electron chi connectivity index (χ3n) is 1.64. The van der Waals surface area contributed by atoms with Gasteiger partial charge in [0.2, 0.25) is 0 Å². The molecule has 0 aromatic rings. The standard InChI is InChI=1S/C9H16O3/c1-8(9(11)12-2)6-4-3-5-7-10/h3,5,8,10H,4,6-7H2,1-2H3/b5-3-/t8-/m0/s1. The van der Waals surface area contributed by atoms with Crippen LogP contribution in [0, 0.1) is 5.92 Å². The van der Waals surface area contributed by atoms with Crippen LogP contribution >= 0.6 is 0 Å². The Hall–Kier alpha value is -0.830. The molecule has 0 aromatic carbocycles. The molecule has 3 nitrogen and oxygen atoms in total. The largest absolute Gasteiger partial charge is 0.469 e. The molecular formula is C9H16O3. The number of carbonyl (C=O) groups excluding carboxylic acids is 1. The number of hydrogen-bond donors (Lipinski definition) is 1. The van der Waals surface area contributed by atoms with E-state index in [0.717, 1.165) is 12.8 Å². The summed E-state index contributed by atoms with van der Waals surface area (Å²) in [6, 6.07) is 0. The molecule has 3 heteroatoms. The van der Waals surface area contributed by atoms with E-state index in [1.165, 1.54) is 7.11 Å². The van der Waals surface area contributed by atoms with Crippen molar-refractivity contribution in [3.8, 4) is 0 Å². The lowest BCUT2D eigenvalue weighted by atomic mass is 10.1. The maximum absolute atomic E-state index is 10.9. The highest BCUT2D eigenvalue weighted by Gasteiger charge is 2.10. The molecule has 0 rings (SSSR count). The van der Waals surface area contributed by atoms with Crippen molar-refractivity contribution in [2.45, 2.75) is 19.8 Å². The van der Waals surface area contributed by atoms with Crippen LogP contribution in [0.15, 0.2) is 12.2 Å². The molecule has 0 spiro atoms. The van der Waals surface area contributed by atoms with E-state index in [4.69, 9.17) is 5.11 Å². The van der Waals surface area contributed by atoms with Crippen molar-refractivity contribution < 1.29 is 14.6 Å². The van der Waals surface area contributed by atoms with E-state index < -0.39 is 0 Å². The summed E-state index contributed by atoms with van der Waals surface area (Å²) in [6.45, 7) is 1.89. The van der Waals surface area contributed by atoms with Gasteiger partial charge in [-0.25, -0.2) is 0 Å². The fraction of sp³-hybridized carbons (Fsp3) is 0.667. The van der Waals surface area contributed by atoms with E-state index in [1.54, 1.807) is 6.08 Å². The van der Waals surface area contributed by atoms with Gasteiger partial charge in [0.15, 0.2) is 0 Å². The van der Waals surface area contributed by atoms with Crippen LogP contribution in [0.2, 0.25) is 0 Å². The Morgan fingerprint density at radius 3 is 2.75 bits per heavy atom. The molecule has 0 aromatic heterocycles. The normalized spacial score (nSPS) is 13.2. The average molecular weight is 172 g/mol. The zero-order valence-electron chi connectivity index (χ0n) is 7.62. The van der Waals surface area contributed by atoms with Gasteiger partial charge in [0.25, 0.3) is 0 Å². The van der Waals surface area contributed by atoms with Crippen molar-refractivity contribution >= 4 is 5.97 Å². The Morgan fingerprint density at radius 1 is 1.58 bits per heavy atom. The van der Waals surface area contributed by atoms with Crippen molar-refractivity contribution in [3.05, 3.63) is 12.2 Å². The molecule has 70 valence electrons. The lowest BCUT2D eigenvalue weighted by molar-refractivity contribution is -0.144. The molecule has 0 saturated heterocycles. The predicted octanol–water partition coefficient (Wildman–Crippen LogP) is 1.12.